The highest BCUT2D eigenvalue weighted by Gasteiger charge is 2.32. The average Bonchev–Trinajstić information content (AvgIpc) is 2.79. The van der Waals surface area contributed by atoms with Crippen LogP contribution in [0.15, 0.2) is 64.4 Å². The van der Waals surface area contributed by atoms with Crippen LogP contribution in [0.1, 0.15) is 10.4 Å². The molecule has 0 spiro atoms. The van der Waals surface area contributed by atoms with E-state index in [1.54, 1.807) is 24.3 Å². The number of nitro benzene ring substituents is 1. The number of non-ortho nitro benzene ring substituents is 1. The van der Waals surface area contributed by atoms with Crippen molar-refractivity contribution in [2.45, 2.75) is 4.90 Å². The van der Waals surface area contributed by atoms with Gasteiger partial charge in [0.15, 0.2) is 0 Å². The number of aromatic nitrogens is 1. The minimum Gasteiger partial charge on any atom is -0.360 e. The average molecular weight is 442 g/mol. The molecule has 2 heterocycles. The van der Waals surface area contributed by atoms with Gasteiger partial charge in [0.05, 0.1) is 9.82 Å². The van der Waals surface area contributed by atoms with Crippen LogP contribution < -0.4 is 5.43 Å². The Labute approximate surface area is 176 Å². The van der Waals surface area contributed by atoms with Gasteiger partial charge in [-0.3, -0.25) is 19.7 Å². The van der Waals surface area contributed by atoms with Gasteiger partial charge in [-0.1, -0.05) is 18.2 Å². The zero-order valence-corrected chi connectivity index (χ0v) is 17.0. The summed E-state index contributed by atoms with van der Waals surface area (Å²) in [6, 6.07) is 11.7. The highest BCUT2D eigenvalue weighted by atomic mass is 32.2. The van der Waals surface area contributed by atoms with Crippen molar-refractivity contribution in [2.24, 2.45) is 0 Å². The number of nitrogens with one attached hydrogen (secondary N) is 1. The van der Waals surface area contributed by atoms with Gasteiger partial charge in [0.25, 0.3) is 11.6 Å². The smallest absolute Gasteiger partial charge is 0.270 e. The Bertz CT molecular complexity index is 1340. The van der Waals surface area contributed by atoms with Gasteiger partial charge in [-0.25, -0.2) is 8.42 Å². The summed E-state index contributed by atoms with van der Waals surface area (Å²) in [6.07, 6.45) is 1.37. The lowest BCUT2D eigenvalue weighted by atomic mass is 10.1. The van der Waals surface area contributed by atoms with E-state index in [1.807, 2.05) is 0 Å². The van der Waals surface area contributed by atoms with Crippen LogP contribution in [0.2, 0.25) is 0 Å². The second kappa shape index (κ2) is 7.93. The summed E-state index contributed by atoms with van der Waals surface area (Å²) in [5.41, 5.74) is -0.0815. The third-order valence-corrected chi connectivity index (χ3v) is 7.11. The molecule has 1 aromatic heterocycles. The standard InChI is InChI=1S/C20H18N4O6S/c25-19-16-6-1-2-7-18(16)21-13-17(19)20(26)22-8-10-23(11-9-22)31(29,30)15-5-3-4-14(12-15)24(27)28/h1-7,12-13H,8-11H2,(H,21,25). The van der Waals surface area contributed by atoms with E-state index in [9.17, 15) is 28.1 Å². The zero-order valence-electron chi connectivity index (χ0n) is 16.2. The van der Waals surface area contributed by atoms with Crippen LogP contribution in [0, 0.1) is 10.1 Å². The lowest BCUT2D eigenvalue weighted by molar-refractivity contribution is -0.385. The number of benzene rings is 2. The Morgan fingerprint density at radius 3 is 2.45 bits per heavy atom. The van der Waals surface area contributed by atoms with E-state index in [1.165, 1.54) is 33.6 Å². The van der Waals surface area contributed by atoms with Gasteiger partial charge in [-0.15, -0.1) is 0 Å². The van der Waals surface area contributed by atoms with Crippen molar-refractivity contribution in [3.05, 3.63) is 80.6 Å². The monoisotopic (exact) mass is 442 g/mol. The molecular formula is C20H18N4O6S. The first-order valence-electron chi connectivity index (χ1n) is 9.43. The zero-order chi connectivity index (χ0) is 22.2. The van der Waals surface area contributed by atoms with Crippen molar-refractivity contribution < 1.29 is 18.1 Å². The molecule has 1 saturated heterocycles. The first kappa shape index (κ1) is 20.7. The number of para-hydroxylation sites is 1. The van der Waals surface area contributed by atoms with Crippen LogP contribution in [0.25, 0.3) is 10.9 Å². The molecule has 0 unspecified atom stereocenters. The number of nitro groups is 1. The maximum atomic E-state index is 12.9. The number of carbonyl (C=O) groups excluding carboxylic acids is 1. The molecule has 0 atom stereocenters. The van der Waals surface area contributed by atoms with E-state index in [-0.39, 0.29) is 47.8 Å². The number of nitrogens with zero attached hydrogens (tertiary/aromatic N) is 3. The lowest BCUT2D eigenvalue weighted by Gasteiger charge is -2.33. The van der Waals surface area contributed by atoms with Gasteiger partial charge in [-0.2, -0.15) is 4.31 Å². The van der Waals surface area contributed by atoms with Gasteiger partial charge >= 0.3 is 0 Å². The molecule has 0 aliphatic carbocycles. The summed E-state index contributed by atoms with van der Waals surface area (Å²) in [6.45, 7) is 0.225. The van der Waals surface area contributed by atoms with E-state index in [4.69, 9.17) is 0 Å². The predicted molar refractivity (Wildman–Crippen MR) is 112 cm³/mol. The van der Waals surface area contributed by atoms with Gasteiger partial charge in [0.1, 0.15) is 5.56 Å². The summed E-state index contributed by atoms with van der Waals surface area (Å²) < 4.78 is 26.9. The number of H-pyrrole nitrogens is 1. The number of aromatic amines is 1. The fourth-order valence-corrected chi connectivity index (χ4v) is 5.00. The van der Waals surface area contributed by atoms with Crippen molar-refractivity contribution in [3.63, 3.8) is 0 Å². The molecule has 160 valence electrons. The first-order valence-corrected chi connectivity index (χ1v) is 10.9. The van der Waals surface area contributed by atoms with Crippen LogP contribution in [-0.2, 0) is 10.0 Å². The molecule has 1 N–H and O–H groups in total. The molecule has 0 bridgehead atoms. The number of fused-ring (bicyclic) bond motifs is 1. The molecule has 1 aliphatic rings. The SMILES string of the molecule is O=C(c1c[nH]c2ccccc2c1=O)N1CCN(S(=O)(=O)c2cccc([N+](=O)[O-])c2)CC1. The molecule has 31 heavy (non-hydrogen) atoms. The van der Waals surface area contributed by atoms with Crippen molar-refractivity contribution >= 4 is 32.5 Å². The Kier molecular flexibility index (Phi) is 5.29. The topological polar surface area (TPSA) is 134 Å². The second-order valence-corrected chi connectivity index (χ2v) is 8.97. The van der Waals surface area contributed by atoms with Gasteiger partial charge in [-0.05, 0) is 18.2 Å². The largest absolute Gasteiger partial charge is 0.360 e. The number of pyridine rings is 1. The number of amides is 1. The summed E-state index contributed by atoms with van der Waals surface area (Å²) in [4.78, 5) is 40.0. The minimum absolute atomic E-state index is 0.00584. The van der Waals surface area contributed by atoms with E-state index in [0.29, 0.717) is 10.9 Å². The summed E-state index contributed by atoms with van der Waals surface area (Å²) >= 11 is 0. The summed E-state index contributed by atoms with van der Waals surface area (Å²) in [5.74, 6) is -0.473. The lowest BCUT2D eigenvalue weighted by Crippen LogP contribution is -2.51. The third kappa shape index (κ3) is 3.80. The highest BCUT2D eigenvalue weighted by molar-refractivity contribution is 7.89. The maximum absolute atomic E-state index is 12.9. The molecule has 10 nitrogen and oxygen atoms in total. The fourth-order valence-electron chi connectivity index (χ4n) is 3.53. The van der Waals surface area contributed by atoms with Crippen molar-refractivity contribution in [1.82, 2.24) is 14.2 Å². The molecule has 3 aromatic rings. The van der Waals surface area contributed by atoms with E-state index < -0.39 is 20.9 Å². The highest BCUT2D eigenvalue weighted by Crippen LogP contribution is 2.22. The van der Waals surface area contributed by atoms with Gasteiger partial charge in [0.2, 0.25) is 15.5 Å². The van der Waals surface area contributed by atoms with E-state index in [2.05, 4.69) is 4.98 Å². The van der Waals surface area contributed by atoms with Gasteiger partial charge in [0, 0.05) is 55.4 Å². The molecule has 2 aromatic carbocycles. The Hall–Kier alpha value is -3.57. The molecule has 11 heteroatoms. The summed E-state index contributed by atoms with van der Waals surface area (Å²) in [7, 11) is -3.95. The van der Waals surface area contributed by atoms with Crippen molar-refractivity contribution in [1.29, 1.82) is 0 Å². The molecule has 1 aliphatic heterocycles. The number of sulfonamides is 1. The number of piperazine rings is 1. The van der Waals surface area contributed by atoms with Crippen LogP contribution >= 0.6 is 0 Å². The molecule has 0 saturated carbocycles. The van der Waals surface area contributed by atoms with Crippen LogP contribution in [0.5, 0.6) is 0 Å². The Morgan fingerprint density at radius 1 is 1.03 bits per heavy atom. The molecule has 0 radical (unpaired) electrons. The van der Waals surface area contributed by atoms with Crippen LogP contribution in [0.4, 0.5) is 5.69 Å². The van der Waals surface area contributed by atoms with E-state index >= 15 is 0 Å². The van der Waals surface area contributed by atoms with Crippen molar-refractivity contribution in [2.75, 3.05) is 26.2 Å². The molecule has 4 rings (SSSR count). The second-order valence-electron chi connectivity index (χ2n) is 7.03. The first-order chi connectivity index (χ1) is 14.8. The number of hydrogen-bond acceptors (Lipinski definition) is 6. The fraction of sp³-hybridized carbons (Fsp3) is 0.200. The Balaban J connectivity index is 1.52. The maximum Gasteiger partial charge on any atom is 0.270 e. The number of rotatable bonds is 4. The number of hydrogen-bond donors (Lipinski definition) is 1. The molecular weight excluding hydrogens is 424 g/mol. The number of carbonyl (C=O) groups is 1. The van der Waals surface area contributed by atoms with Crippen molar-refractivity contribution in [3.8, 4) is 0 Å². The minimum atomic E-state index is -3.95. The Morgan fingerprint density at radius 2 is 1.74 bits per heavy atom. The molecule has 1 fully saturated rings. The van der Waals surface area contributed by atoms with Crippen LogP contribution in [-0.4, -0.2) is 59.6 Å². The van der Waals surface area contributed by atoms with Gasteiger partial charge < -0.3 is 9.88 Å². The quantitative estimate of drug-likeness (QED) is 0.482. The predicted octanol–water partition coefficient (Wildman–Crippen LogP) is 1.58. The van der Waals surface area contributed by atoms with Crippen LogP contribution in [0.3, 0.4) is 0 Å². The third-order valence-electron chi connectivity index (χ3n) is 5.21. The summed E-state index contributed by atoms with van der Waals surface area (Å²) in [5, 5.41) is 11.3. The van der Waals surface area contributed by atoms with E-state index in [0.717, 1.165) is 6.07 Å². The normalized spacial score (nSPS) is 15.2. The molecule has 1 amide bonds.